The van der Waals surface area contributed by atoms with E-state index in [1.807, 2.05) is 4.90 Å². The van der Waals surface area contributed by atoms with Gasteiger partial charge in [0.05, 0.1) is 17.7 Å². The van der Waals surface area contributed by atoms with Gasteiger partial charge in [-0.2, -0.15) is 5.26 Å². The highest BCUT2D eigenvalue weighted by Crippen LogP contribution is 2.24. The quantitative estimate of drug-likeness (QED) is 0.833. The molecule has 1 aromatic carbocycles. The van der Waals surface area contributed by atoms with Gasteiger partial charge in [0.2, 0.25) is 5.91 Å². The van der Waals surface area contributed by atoms with Crippen molar-refractivity contribution >= 4 is 11.7 Å². The van der Waals surface area contributed by atoms with Gasteiger partial charge >= 0.3 is 0 Å². The van der Waals surface area contributed by atoms with Crippen molar-refractivity contribution in [2.45, 2.75) is 32.9 Å². The Labute approximate surface area is 159 Å². The maximum absolute atomic E-state index is 13.2. The number of hydrogen-bond donors (Lipinski definition) is 0. The lowest BCUT2D eigenvalue weighted by atomic mass is 10.0. The summed E-state index contributed by atoms with van der Waals surface area (Å²) in [6.45, 7) is 5.86. The van der Waals surface area contributed by atoms with Gasteiger partial charge in [-0.3, -0.25) is 4.79 Å². The van der Waals surface area contributed by atoms with Crippen molar-refractivity contribution in [1.82, 2.24) is 9.88 Å². The molecule has 0 bridgehead atoms. The number of halogens is 1. The highest BCUT2D eigenvalue weighted by molar-refractivity contribution is 5.78. The largest absolute Gasteiger partial charge is 0.354 e. The molecule has 0 spiro atoms. The maximum Gasteiger partial charge on any atom is 0.224 e. The molecule has 140 valence electrons. The van der Waals surface area contributed by atoms with Crippen LogP contribution < -0.4 is 4.90 Å². The van der Waals surface area contributed by atoms with E-state index in [1.165, 1.54) is 12.1 Å². The second-order valence-electron chi connectivity index (χ2n) is 7.17. The van der Waals surface area contributed by atoms with Crippen LogP contribution in [0.2, 0.25) is 0 Å². The molecule has 1 aromatic heterocycles. The minimum absolute atomic E-state index is 0.00223. The van der Waals surface area contributed by atoms with Crippen LogP contribution in [0.15, 0.2) is 42.6 Å². The first-order chi connectivity index (χ1) is 13.0. The number of pyridine rings is 1. The zero-order valence-electron chi connectivity index (χ0n) is 15.6. The average Bonchev–Trinajstić information content (AvgIpc) is 2.83. The Morgan fingerprint density at radius 3 is 2.70 bits per heavy atom. The summed E-state index contributed by atoms with van der Waals surface area (Å²) in [4.78, 5) is 21.2. The van der Waals surface area contributed by atoms with Gasteiger partial charge in [0, 0.05) is 32.3 Å². The summed E-state index contributed by atoms with van der Waals surface area (Å²) in [5.74, 6) is 0.762. The van der Waals surface area contributed by atoms with E-state index in [0.717, 1.165) is 11.4 Å². The monoisotopic (exact) mass is 366 g/mol. The van der Waals surface area contributed by atoms with Gasteiger partial charge in [-0.15, -0.1) is 0 Å². The van der Waals surface area contributed by atoms with Crippen LogP contribution in [0.1, 0.15) is 31.4 Å². The minimum Gasteiger partial charge on any atom is -0.354 e. The number of carbonyl (C=O) groups is 1. The molecule has 0 aliphatic carbocycles. The number of benzene rings is 1. The van der Waals surface area contributed by atoms with Crippen LogP contribution in [-0.2, 0) is 11.3 Å². The summed E-state index contributed by atoms with van der Waals surface area (Å²) in [5.41, 5.74) is 1.47. The van der Waals surface area contributed by atoms with Gasteiger partial charge in [-0.05, 0) is 35.7 Å². The molecule has 0 radical (unpaired) electrons. The fraction of sp³-hybridized carbons (Fsp3) is 0.381. The summed E-state index contributed by atoms with van der Waals surface area (Å²) in [6, 6.07) is 11.9. The lowest BCUT2D eigenvalue weighted by molar-refractivity contribution is -0.134. The van der Waals surface area contributed by atoms with Crippen molar-refractivity contribution in [3.63, 3.8) is 0 Å². The molecule has 2 heterocycles. The van der Waals surface area contributed by atoms with Gasteiger partial charge in [0.25, 0.3) is 0 Å². The van der Waals surface area contributed by atoms with E-state index < -0.39 is 0 Å². The van der Waals surface area contributed by atoms with Crippen LogP contribution in [0.25, 0.3) is 0 Å². The molecule has 1 fully saturated rings. The first-order valence-electron chi connectivity index (χ1n) is 9.13. The number of rotatable bonds is 4. The van der Waals surface area contributed by atoms with E-state index >= 15 is 0 Å². The molecular formula is C21H23FN4O. The Kier molecular flexibility index (Phi) is 5.70. The van der Waals surface area contributed by atoms with Gasteiger partial charge in [0.15, 0.2) is 0 Å². The van der Waals surface area contributed by atoms with Gasteiger partial charge in [-0.25, -0.2) is 9.37 Å². The van der Waals surface area contributed by atoms with Crippen LogP contribution in [-0.4, -0.2) is 34.9 Å². The van der Waals surface area contributed by atoms with Crippen LogP contribution in [0.3, 0.4) is 0 Å². The third-order valence-corrected chi connectivity index (χ3v) is 4.96. The molecule has 1 saturated heterocycles. The van der Waals surface area contributed by atoms with E-state index in [9.17, 15) is 9.18 Å². The van der Waals surface area contributed by atoms with Crippen LogP contribution in [0.5, 0.6) is 0 Å². The van der Waals surface area contributed by atoms with E-state index in [0.29, 0.717) is 31.6 Å². The lowest BCUT2D eigenvalue weighted by Crippen LogP contribution is -2.46. The zero-order valence-corrected chi connectivity index (χ0v) is 15.6. The highest BCUT2D eigenvalue weighted by atomic mass is 19.1. The molecule has 0 unspecified atom stereocenters. The van der Waals surface area contributed by atoms with E-state index in [4.69, 9.17) is 5.26 Å². The Morgan fingerprint density at radius 1 is 1.30 bits per heavy atom. The van der Waals surface area contributed by atoms with Crippen LogP contribution in [0, 0.1) is 23.1 Å². The summed E-state index contributed by atoms with van der Waals surface area (Å²) in [5, 5.41) is 9.14. The molecule has 1 aliphatic rings. The Bertz CT molecular complexity index is 844. The number of carbonyl (C=O) groups excluding carboxylic acids is 1. The fourth-order valence-corrected chi connectivity index (χ4v) is 3.41. The van der Waals surface area contributed by atoms with Crippen molar-refractivity contribution in [2.24, 2.45) is 5.92 Å². The summed E-state index contributed by atoms with van der Waals surface area (Å²) >= 11 is 0. The topological polar surface area (TPSA) is 60.2 Å². The van der Waals surface area contributed by atoms with E-state index in [-0.39, 0.29) is 23.7 Å². The molecule has 1 amide bonds. The number of amides is 1. The Hall–Kier alpha value is -2.94. The Morgan fingerprint density at radius 2 is 2.04 bits per heavy atom. The minimum atomic E-state index is -0.282. The van der Waals surface area contributed by atoms with Crippen molar-refractivity contribution in [2.75, 3.05) is 18.0 Å². The third-order valence-electron chi connectivity index (χ3n) is 4.96. The summed E-state index contributed by atoms with van der Waals surface area (Å²) in [7, 11) is 0. The molecular weight excluding hydrogens is 343 g/mol. The average molecular weight is 366 g/mol. The van der Waals surface area contributed by atoms with E-state index in [1.54, 1.807) is 30.5 Å². The van der Waals surface area contributed by atoms with Crippen molar-refractivity contribution in [1.29, 1.82) is 5.26 Å². The Balaban J connectivity index is 1.86. The number of nitrogens with zero attached hydrogens (tertiary/aromatic N) is 4. The molecule has 0 saturated carbocycles. The van der Waals surface area contributed by atoms with Gasteiger partial charge < -0.3 is 9.80 Å². The van der Waals surface area contributed by atoms with Gasteiger partial charge in [-0.1, -0.05) is 26.0 Å². The summed E-state index contributed by atoms with van der Waals surface area (Å²) < 4.78 is 13.2. The molecule has 5 nitrogen and oxygen atoms in total. The molecule has 1 aliphatic heterocycles. The predicted molar refractivity (Wildman–Crippen MR) is 101 cm³/mol. The first kappa shape index (κ1) is 18.8. The molecule has 27 heavy (non-hydrogen) atoms. The SMILES string of the molecule is CC(C)[C@@H]1CN(c2cc(C#N)ccn2)CCC(=O)N1Cc1ccc(F)cc1. The molecule has 1 atom stereocenters. The number of aromatic nitrogens is 1. The number of anilines is 1. The normalized spacial score (nSPS) is 17.7. The molecule has 0 N–H and O–H groups in total. The van der Waals surface area contributed by atoms with Crippen molar-refractivity contribution in [3.8, 4) is 6.07 Å². The second-order valence-corrected chi connectivity index (χ2v) is 7.17. The fourth-order valence-electron chi connectivity index (χ4n) is 3.41. The smallest absolute Gasteiger partial charge is 0.224 e. The van der Waals surface area contributed by atoms with E-state index in [2.05, 4.69) is 29.8 Å². The van der Waals surface area contributed by atoms with Crippen LogP contribution in [0.4, 0.5) is 10.2 Å². The molecule has 3 rings (SSSR count). The number of hydrogen-bond acceptors (Lipinski definition) is 4. The third kappa shape index (κ3) is 4.43. The van der Waals surface area contributed by atoms with Gasteiger partial charge in [0.1, 0.15) is 11.6 Å². The lowest BCUT2D eigenvalue weighted by Gasteiger charge is -2.35. The second kappa shape index (κ2) is 8.17. The van der Waals surface area contributed by atoms with Crippen molar-refractivity contribution < 1.29 is 9.18 Å². The zero-order chi connectivity index (χ0) is 19.4. The molecule has 6 heteroatoms. The van der Waals surface area contributed by atoms with Crippen molar-refractivity contribution in [3.05, 3.63) is 59.5 Å². The van der Waals surface area contributed by atoms with Crippen LogP contribution >= 0.6 is 0 Å². The predicted octanol–water partition coefficient (Wildman–Crippen LogP) is 3.36. The highest BCUT2D eigenvalue weighted by Gasteiger charge is 2.32. The first-order valence-corrected chi connectivity index (χ1v) is 9.13. The molecule has 2 aromatic rings. The number of nitriles is 1. The maximum atomic E-state index is 13.2. The standard InChI is InChI=1S/C21H23FN4O/c1-15(2)19-14-25(20-11-17(12-23)7-9-24-20)10-8-21(27)26(19)13-16-3-5-18(22)6-4-16/h3-7,9,11,15,19H,8,10,13-14H2,1-2H3/t19-/m0/s1. The summed E-state index contributed by atoms with van der Waals surface area (Å²) in [6.07, 6.45) is 2.00.